The van der Waals surface area contributed by atoms with Crippen LogP contribution >= 0.6 is 27.7 Å². The molecule has 1 aliphatic rings. The third kappa shape index (κ3) is 7.89. The minimum atomic E-state index is -0.615. The summed E-state index contributed by atoms with van der Waals surface area (Å²) >= 11 is 4.13. The predicted molar refractivity (Wildman–Crippen MR) is 160 cm³/mol. The lowest BCUT2D eigenvalue weighted by molar-refractivity contribution is -0.127. The molecule has 42 heavy (non-hydrogen) atoms. The highest BCUT2D eigenvalue weighted by Gasteiger charge is 2.36. The molecule has 10 nitrogen and oxygen atoms in total. The van der Waals surface area contributed by atoms with Crippen LogP contribution in [0.25, 0.3) is 6.08 Å². The van der Waals surface area contributed by atoms with Crippen molar-refractivity contribution in [2.75, 3.05) is 37.5 Å². The van der Waals surface area contributed by atoms with Crippen molar-refractivity contribution in [3.63, 3.8) is 0 Å². The standard InChI is InChI=1S/C29H25BrFN3O7S/c1-3-40-21-10-8-20(9-11-21)32-26(35)15-34-28(37)25(42-29(34)38)13-17-12-23(39-2)24(14-22(17)30)41-16-27(36)33-19-6-4-18(31)5-7-19/h4-14H,3,15-16H2,1-2H3,(H,32,35)(H,33,36)/b25-13+. The number of carbonyl (C=O) groups is 4. The smallest absolute Gasteiger partial charge is 0.294 e. The maximum absolute atomic E-state index is 13.1. The summed E-state index contributed by atoms with van der Waals surface area (Å²) in [6, 6.07) is 15.2. The van der Waals surface area contributed by atoms with E-state index in [-0.39, 0.29) is 23.0 Å². The van der Waals surface area contributed by atoms with Crippen molar-refractivity contribution in [3.8, 4) is 17.2 Å². The number of halogens is 2. The fraction of sp³-hybridized carbons (Fsp3) is 0.172. The van der Waals surface area contributed by atoms with Gasteiger partial charge in [0.25, 0.3) is 17.1 Å². The summed E-state index contributed by atoms with van der Waals surface area (Å²) in [6.45, 7) is 1.57. The molecule has 3 aromatic rings. The molecule has 0 saturated carbocycles. The Morgan fingerprint density at radius 1 is 0.952 bits per heavy atom. The Bertz CT molecular complexity index is 1530. The molecule has 0 unspecified atom stereocenters. The van der Waals surface area contributed by atoms with Gasteiger partial charge in [-0.15, -0.1) is 0 Å². The van der Waals surface area contributed by atoms with Crippen LogP contribution in [0.4, 0.5) is 20.6 Å². The van der Waals surface area contributed by atoms with E-state index in [1.807, 2.05) is 6.92 Å². The molecule has 1 saturated heterocycles. The average Bonchev–Trinajstić information content (AvgIpc) is 3.22. The molecule has 218 valence electrons. The van der Waals surface area contributed by atoms with Gasteiger partial charge in [-0.3, -0.25) is 24.1 Å². The second-order valence-corrected chi connectivity index (χ2v) is 10.5. The molecule has 4 rings (SSSR count). The van der Waals surface area contributed by atoms with Crippen molar-refractivity contribution in [1.29, 1.82) is 0 Å². The molecule has 4 amide bonds. The molecular formula is C29H25BrFN3O7S. The second kappa shape index (κ2) is 14.0. The first kappa shape index (κ1) is 30.6. The fourth-order valence-electron chi connectivity index (χ4n) is 3.73. The van der Waals surface area contributed by atoms with Crippen molar-refractivity contribution in [1.82, 2.24) is 4.90 Å². The van der Waals surface area contributed by atoms with Crippen LogP contribution in [0.1, 0.15) is 12.5 Å². The second-order valence-electron chi connectivity index (χ2n) is 8.64. The summed E-state index contributed by atoms with van der Waals surface area (Å²) in [5.74, 6) is -0.867. The normalized spacial score (nSPS) is 13.7. The summed E-state index contributed by atoms with van der Waals surface area (Å²) in [4.78, 5) is 51.3. The molecule has 0 radical (unpaired) electrons. The van der Waals surface area contributed by atoms with E-state index in [1.54, 1.807) is 36.4 Å². The van der Waals surface area contributed by atoms with Crippen LogP contribution < -0.4 is 24.8 Å². The highest BCUT2D eigenvalue weighted by Crippen LogP contribution is 2.38. The minimum Gasteiger partial charge on any atom is -0.494 e. The van der Waals surface area contributed by atoms with Crippen molar-refractivity contribution in [2.24, 2.45) is 0 Å². The van der Waals surface area contributed by atoms with E-state index in [0.717, 1.165) is 4.90 Å². The van der Waals surface area contributed by atoms with Crippen LogP contribution in [-0.2, 0) is 14.4 Å². The number of benzene rings is 3. The Hall–Kier alpha value is -4.36. The van der Waals surface area contributed by atoms with Crippen LogP contribution in [-0.4, -0.2) is 54.7 Å². The van der Waals surface area contributed by atoms with Gasteiger partial charge in [0.05, 0.1) is 18.6 Å². The monoisotopic (exact) mass is 657 g/mol. The minimum absolute atomic E-state index is 0.115. The molecule has 13 heteroatoms. The molecule has 0 spiro atoms. The number of ether oxygens (including phenoxy) is 3. The number of nitrogens with one attached hydrogen (secondary N) is 2. The molecule has 3 aromatic carbocycles. The third-order valence-electron chi connectivity index (χ3n) is 5.68. The zero-order valence-electron chi connectivity index (χ0n) is 22.4. The molecule has 0 aliphatic carbocycles. The first-order chi connectivity index (χ1) is 20.2. The summed E-state index contributed by atoms with van der Waals surface area (Å²) < 4.78 is 29.9. The summed E-state index contributed by atoms with van der Waals surface area (Å²) in [5.41, 5.74) is 1.41. The Morgan fingerprint density at radius 3 is 2.24 bits per heavy atom. The van der Waals surface area contributed by atoms with Crippen LogP contribution in [0, 0.1) is 5.82 Å². The Morgan fingerprint density at radius 2 is 1.60 bits per heavy atom. The molecular weight excluding hydrogens is 633 g/mol. The number of anilines is 2. The molecule has 0 bridgehead atoms. The van der Waals surface area contributed by atoms with Gasteiger partial charge in [-0.2, -0.15) is 0 Å². The van der Waals surface area contributed by atoms with Gasteiger partial charge in [0.2, 0.25) is 5.91 Å². The van der Waals surface area contributed by atoms with Gasteiger partial charge in [0.1, 0.15) is 18.1 Å². The van der Waals surface area contributed by atoms with E-state index < -0.39 is 35.3 Å². The highest BCUT2D eigenvalue weighted by molar-refractivity contribution is 9.10. The number of rotatable bonds is 11. The molecule has 1 heterocycles. The van der Waals surface area contributed by atoms with Gasteiger partial charge in [0.15, 0.2) is 18.1 Å². The van der Waals surface area contributed by atoms with Crippen LogP contribution in [0.5, 0.6) is 17.2 Å². The summed E-state index contributed by atoms with van der Waals surface area (Å²) in [5, 5.41) is 4.67. The van der Waals surface area contributed by atoms with Crippen LogP contribution in [0.2, 0.25) is 0 Å². The number of hydrogen-bond donors (Lipinski definition) is 2. The number of carbonyl (C=O) groups excluding carboxylic acids is 4. The van der Waals surface area contributed by atoms with Gasteiger partial charge in [-0.05, 0) is 91.0 Å². The summed E-state index contributed by atoms with van der Waals surface area (Å²) in [6.07, 6.45) is 1.49. The van der Waals surface area contributed by atoms with E-state index in [0.29, 0.717) is 45.5 Å². The number of amides is 4. The Labute approximate surface area is 253 Å². The van der Waals surface area contributed by atoms with Crippen molar-refractivity contribution in [2.45, 2.75) is 6.92 Å². The lowest BCUT2D eigenvalue weighted by Gasteiger charge is -2.13. The van der Waals surface area contributed by atoms with Gasteiger partial charge in [-0.1, -0.05) is 15.9 Å². The van der Waals surface area contributed by atoms with Crippen LogP contribution in [0.3, 0.4) is 0 Å². The topological polar surface area (TPSA) is 123 Å². The van der Waals surface area contributed by atoms with E-state index in [4.69, 9.17) is 14.2 Å². The van der Waals surface area contributed by atoms with Gasteiger partial charge in [-0.25, -0.2) is 4.39 Å². The van der Waals surface area contributed by atoms with Gasteiger partial charge in [0, 0.05) is 15.8 Å². The van der Waals surface area contributed by atoms with E-state index >= 15 is 0 Å². The first-order valence-corrected chi connectivity index (χ1v) is 14.1. The maximum Gasteiger partial charge on any atom is 0.294 e. The fourth-order valence-corrected chi connectivity index (χ4v) is 5.00. The first-order valence-electron chi connectivity index (χ1n) is 12.5. The van der Waals surface area contributed by atoms with E-state index in [1.165, 1.54) is 37.5 Å². The molecule has 0 aromatic heterocycles. The molecule has 2 N–H and O–H groups in total. The average molecular weight is 659 g/mol. The number of methoxy groups -OCH3 is 1. The quantitative estimate of drug-likeness (QED) is 0.252. The van der Waals surface area contributed by atoms with Gasteiger partial charge < -0.3 is 24.8 Å². The number of imide groups is 1. The number of hydrogen-bond acceptors (Lipinski definition) is 8. The van der Waals surface area contributed by atoms with Gasteiger partial charge >= 0.3 is 0 Å². The molecule has 1 aliphatic heterocycles. The van der Waals surface area contributed by atoms with Crippen molar-refractivity contribution < 1.29 is 37.8 Å². The van der Waals surface area contributed by atoms with Crippen molar-refractivity contribution >= 4 is 68.1 Å². The highest BCUT2D eigenvalue weighted by atomic mass is 79.9. The molecule has 0 atom stereocenters. The Balaban J connectivity index is 1.39. The maximum atomic E-state index is 13.1. The number of thioether (sulfide) groups is 1. The van der Waals surface area contributed by atoms with Crippen molar-refractivity contribution in [3.05, 3.63) is 81.4 Å². The lowest BCUT2D eigenvalue weighted by atomic mass is 10.2. The van der Waals surface area contributed by atoms with E-state index in [9.17, 15) is 23.6 Å². The van der Waals surface area contributed by atoms with E-state index in [2.05, 4.69) is 26.6 Å². The SMILES string of the molecule is CCOc1ccc(NC(=O)CN2C(=O)S/C(=C/c3cc(OC)c(OCC(=O)Nc4ccc(F)cc4)cc3Br)C2=O)cc1. The third-order valence-corrected chi connectivity index (χ3v) is 7.27. The largest absolute Gasteiger partial charge is 0.494 e. The molecule has 1 fully saturated rings. The lowest BCUT2D eigenvalue weighted by Crippen LogP contribution is -2.36. The number of nitrogens with zero attached hydrogens (tertiary/aromatic N) is 1. The Kier molecular flexibility index (Phi) is 10.2. The summed E-state index contributed by atoms with van der Waals surface area (Å²) in [7, 11) is 1.41. The zero-order valence-corrected chi connectivity index (χ0v) is 24.8. The van der Waals surface area contributed by atoms with Crippen LogP contribution in [0.15, 0.2) is 70.0 Å². The zero-order chi connectivity index (χ0) is 30.2. The predicted octanol–water partition coefficient (Wildman–Crippen LogP) is 5.69.